The molecule has 0 aliphatic rings. The minimum atomic E-state index is -0.818. The first-order valence-corrected chi connectivity index (χ1v) is 32.6. The van der Waals surface area contributed by atoms with Crippen molar-refractivity contribution in [3.63, 3.8) is 0 Å². The lowest BCUT2D eigenvalue weighted by atomic mass is 10.0. The summed E-state index contributed by atoms with van der Waals surface area (Å²) < 4.78 is 16.9. The maximum atomic E-state index is 12.9. The van der Waals surface area contributed by atoms with Crippen molar-refractivity contribution in [3.05, 3.63) is 85.1 Å². The van der Waals surface area contributed by atoms with Crippen LogP contribution in [0.15, 0.2) is 85.1 Å². The van der Waals surface area contributed by atoms with Gasteiger partial charge >= 0.3 is 17.9 Å². The Morgan fingerprint density at radius 2 is 0.539 bits per heavy atom. The summed E-state index contributed by atoms with van der Waals surface area (Å²) in [6, 6.07) is 0. The van der Waals surface area contributed by atoms with Crippen LogP contribution in [-0.2, 0) is 28.6 Å². The summed E-state index contributed by atoms with van der Waals surface area (Å²) in [6.45, 7) is 6.51. The molecule has 0 heterocycles. The quantitative estimate of drug-likeness (QED) is 0.0261. The van der Waals surface area contributed by atoms with Crippen molar-refractivity contribution in [2.24, 2.45) is 0 Å². The summed E-state index contributed by atoms with van der Waals surface area (Å²) >= 11 is 0. The van der Waals surface area contributed by atoms with Crippen molar-refractivity contribution >= 4 is 17.9 Å². The van der Waals surface area contributed by atoms with Crippen LogP contribution in [0, 0.1) is 0 Å². The molecule has 0 saturated carbocycles. The van der Waals surface area contributed by atoms with Gasteiger partial charge in [-0.2, -0.15) is 0 Å². The molecule has 0 aromatic carbocycles. The molecule has 0 aliphatic heterocycles. The topological polar surface area (TPSA) is 78.9 Å². The van der Waals surface area contributed by atoms with Gasteiger partial charge in [0, 0.05) is 19.3 Å². The first-order valence-electron chi connectivity index (χ1n) is 32.6. The Labute approximate surface area is 471 Å². The van der Waals surface area contributed by atoms with E-state index in [0.717, 1.165) is 77.0 Å². The molecule has 0 aromatic rings. The molecule has 0 fully saturated rings. The highest BCUT2D eigenvalue weighted by atomic mass is 16.6. The van der Waals surface area contributed by atoms with Crippen LogP contribution in [0.5, 0.6) is 0 Å². The van der Waals surface area contributed by atoms with Gasteiger partial charge in [0.25, 0.3) is 0 Å². The van der Waals surface area contributed by atoms with Crippen molar-refractivity contribution in [1.29, 1.82) is 0 Å². The minimum absolute atomic E-state index is 0.104. The molecule has 0 rings (SSSR count). The van der Waals surface area contributed by atoms with Crippen LogP contribution in [-0.4, -0.2) is 37.2 Å². The van der Waals surface area contributed by atoms with E-state index in [2.05, 4.69) is 99.8 Å². The Balaban J connectivity index is 4.45. The standard InChI is InChI=1S/C70H122O6/c1-4-7-10-13-16-19-22-25-28-31-34-35-37-39-42-45-48-51-54-57-60-63-69(72)75-66-67(65-74-68(71)62-59-56-53-50-47-44-41-38-33-30-27-24-21-18-15-12-9-6-3)76-70(73)64-61-58-55-52-49-46-43-40-36-32-29-26-23-20-17-14-11-8-5-2/h8,11,17,20,26,29,31,34,36,40,46,49,55,58,67H,4-7,9-10,12-16,18-19,21-25,27-28,30,32-33,35,37-39,41-45,47-48,50-54,56-57,59-66H2,1-3H3/b11-8-,20-17-,29-26-,34-31-,40-36-,49-46-,58-55-. The Bertz CT molecular complexity index is 1450. The third-order valence-electron chi connectivity index (χ3n) is 14.1. The molecule has 0 bridgehead atoms. The van der Waals surface area contributed by atoms with E-state index in [4.69, 9.17) is 14.2 Å². The molecule has 0 aromatic heterocycles. The minimum Gasteiger partial charge on any atom is -0.462 e. The van der Waals surface area contributed by atoms with Crippen LogP contribution in [0.25, 0.3) is 0 Å². The van der Waals surface area contributed by atoms with Gasteiger partial charge in [-0.1, -0.05) is 305 Å². The molecule has 0 saturated heterocycles. The highest BCUT2D eigenvalue weighted by Crippen LogP contribution is 2.17. The molecule has 0 amide bonds. The first kappa shape index (κ1) is 72.6. The van der Waals surface area contributed by atoms with E-state index in [0.29, 0.717) is 19.3 Å². The van der Waals surface area contributed by atoms with Gasteiger partial charge in [-0.05, 0) is 83.5 Å². The summed E-state index contributed by atoms with van der Waals surface area (Å²) in [6.07, 6.45) is 84.6. The van der Waals surface area contributed by atoms with Crippen LogP contribution in [0.4, 0.5) is 0 Å². The monoisotopic (exact) mass is 1060 g/mol. The largest absolute Gasteiger partial charge is 0.462 e. The highest BCUT2D eigenvalue weighted by molar-refractivity contribution is 5.71. The number of hydrogen-bond acceptors (Lipinski definition) is 6. The second-order valence-electron chi connectivity index (χ2n) is 21.6. The van der Waals surface area contributed by atoms with E-state index >= 15 is 0 Å². The predicted molar refractivity (Wildman–Crippen MR) is 330 cm³/mol. The fraction of sp³-hybridized carbons (Fsp3) is 0.757. The normalized spacial score (nSPS) is 12.6. The molecule has 6 nitrogen and oxygen atoms in total. The van der Waals surface area contributed by atoms with Gasteiger partial charge < -0.3 is 14.2 Å². The van der Waals surface area contributed by atoms with Gasteiger partial charge in [0.15, 0.2) is 6.10 Å². The lowest BCUT2D eigenvalue weighted by Gasteiger charge is -2.18. The van der Waals surface area contributed by atoms with E-state index in [1.807, 2.05) is 6.08 Å². The van der Waals surface area contributed by atoms with Crippen LogP contribution in [0.3, 0.4) is 0 Å². The van der Waals surface area contributed by atoms with E-state index < -0.39 is 6.10 Å². The van der Waals surface area contributed by atoms with Crippen molar-refractivity contribution in [2.45, 2.75) is 329 Å². The molecule has 6 heteroatoms. The second-order valence-corrected chi connectivity index (χ2v) is 21.6. The van der Waals surface area contributed by atoms with Crippen molar-refractivity contribution in [1.82, 2.24) is 0 Å². The first-order chi connectivity index (χ1) is 37.5. The molecule has 0 N–H and O–H groups in total. The lowest BCUT2D eigenvalue weighted by Crippen LogP contribution is -2.30. The number of unbranched alkanes of at least 4 members (excludes halogenated alkanes) is 34. The summed E-state index contributed by atoms with van der Waals surface area (Å²) in [4.78, 5) is 38.3. The molecule has 76 heavy (non-hydrogen) atoms. The molecule has 0 spiro atoms. The summed E-state index contributed by atoms with van der Waals surface area (Å²) in [5.74, 6) is -0.976. The Morgan fingerprint density at radius 1 is 0.276 bits per heavy atom. The molecule has 438 valence electrons. The molecular weight excluding hydrogens is 937 g/mol. The SMILES string of the molecule is CC/C=C\C/C=C\C/C=C\C/C=C\C/C=C\C/C=C\CCC(=O)OC(COC(=O)CCCCCCCCCCC/C=C\CCCCCCCCCC)COC(=O)CCCCCCCCCCCCCCCCCCCC. The van der Waals surface area contributed by atoms with Crippen LogP contribution in [0.2, 0.25) is 0 Å². The van der Waals surface area contributed by atoms with Crippen molar-refractivity contribution < 1.29 is 28.6 Å². The van der Waals surface area contributed by atoms with Crippen molar-refractivity contribution in [3.8, 4) is 0 Å². The number of carbonyl (C=O) groups is 3. The molecule has 1 atom stereocenters. The van der Waals surface area contributed by atoms with E-state index in [-0.39, 0.29) is 37.5 Å². The maximum absolute atomic E-state index is 12.9. The molecule has 1 unspecified atom stereocenters. The van der Waals surface area contributed by atoms with E-state index in [9.17, 15) is 14.4 Å². The molecule has 0 radical (unpaired) electrons. The third-order valence-corrected chi connectivity index (χ3v) is 14.1. The van der Waals surface area contributed by atoms with Crippen molar-refractivity contribution in [2.75, 3.05) is 13.2 Å². The Morgan fingerprint density at radius 3 is 0.855 bits per heavy atom. The Kier molecular flexibility index (Phi) is 61.2. The molecular formula is C70H122O6. The van der Waals surface area contributed by atoms with Gasteiger partial charge in [-0.25, -0.2) is 0 Å². The number of rotatable bonds is 59. The summed E-state index contributed by atoms with van der Waals surface area (Å²) in [5, 5.41) is 0. The Hall–Kier alpha value is -3.41. The number of carbonyl (C=O) groups excluding carboxylic acids is 3. The highest BCUT2D eigenvalue weighted by Gasteiger charge is 2.19. The average Bonchev–Trinajstić information content (AvgIpc) is 3.42. The third kappa shape index (κ3) is 61.4. The van der Waals surface area contributed by atoms with Gasteiger partial charge in [-0.15, -0.1) is 0 Å². The molecule has 0 aliphatic carbocycles. The van der Waals surface area contributed by atoms with Crippen LogP contribution in [0.1, 0.15) is 323 Å². The number of hydrogen-bond donors (Lipinski definition) is 0. The number of allylic oxidation sites excluding steroid dienone is 14. The fourth-order valence-electron chi connectivity index (χ4n) is 9.29. The smallest absolute Gasteiger partial charge is 0.306 e. The second kappa shape index (κ2) is 64.1. The zero-order chi connectivity index (χ0) is 55.0. The van der Waals surface area contributed by atoms with E-state index in [1.54, 1.807) is 0 Å². The van der Waals surface area contributed by atoms with Gasteiger partial charge in [-0.3, -0.25) is 14.4 Å². The lowest BCUT2D eigenvalue weighted by molar-refractivity contribution is -0.166. The number of esters is 3. The van der Waals surface area contributed by atoms with Crippen LogP contribution < -0.4 is 0 Å². The number of ether oxygens (including phenoxy) is 3. The van der Waals surface area contributed by atoms with Gasteiger partial charge in [0.05, 0.1) is 0 Å². The van der Waals surface area contributed by atoms with Crippen LogP contribution >= 0.6 is 0 Å². The van der Waals surface area contributed by atoms with E-state index in [1.165, 1.54) is 199 Å². The zero-order valence-electron chi connectivity index (χ0n) is 50.3. The fourth-order valence-corrected chi connectivity index (χ4v) is 9.29. The maximum Gasteiger partial charge on any atom is 0.306 e. The van der Waals surface area contributed by atoms with Gasteiger partial charge in [0.1, 0.15) is 13.2 Å². The summed E-state index contributed by atoms with van der Waals surface area (Å²) in [7, 11) is 0. The average molecular weight is 1060 g/mol. The predicted octanol–water partition coefficient (Wildman–Crippen LogP) is 22.3. The van der Waals surface area contributed by atoms with Gasteiger partial charge in [0.2, 0.25) is 0 Å². The zero-order valence-corrected chi connectivity index (χ0v) is 50.3. The summed E-state index contributed by atoms with van der Waals surface area (Å²) in [5.41, 5.74) is 0.